The topological polar surface area (TPSA) is 17.1 Å². The highest BCUT2D eigenvalue weighted by Gasteiger charge is 2.15. The van der Waals surface area contributed by atoms with Crippen molar-refractivity contribution in [3.63, 3.8) is 0 Å². The van der Waals surface area contributed by atoms with Crippen LogP contribution in [0.1, 0.15) is 9.67 Å². The molecule has 2 aromatic carbocycles. The predicted molar refractivity (Wildman–Crippen MR) is 85.4 cm³/mol. The third-order valence-corrected chi connectivity index (χ3v) is 4.55. The van der Waals surface area contributed by atoms with Crippen molar-refractivity contribution in [3.8, 4) is 21.6 Å². The lowest BCUT2D eigenvalue weighted by atomic mass is 10.0. The molecule has 3 aromatic rings. The van der Waals surface area contributed by atoms with E-state index < -0.39 is 5.24 Å². The van der Waals surface area contributed by atoms with Crippen molar-refractivity contribution in [1.82, 2.24) is 0 Å². The summed E-state index contributed by atoms with van der Waals surface area (Å²) in [6.45, 7) is 0. The second kappa shape index (κ2) is 5.61. The zero-order chi connectivity index (χ0) is 13.9. The SMILES string of the molecule is O=C(Cl)c1cc(-c2ccccc2)c(-c2ccccc2)s1. The Bertz CT molecular complexity index is 675. The lowest BCUT2D eigenvalue weighted by Crippen LogP contribution is -1.80. The monoisotopic (exact) mass is 298 g/mol. The fourth-order valence-electron chi connectivity index (χ4n) is 2.12. The highest BCUT2D eigenvalue weighted by atomic mass is 35.5. The molecule has 20 heavy (non-hydrogen) atoms. The molecule has 1 nitrogen and oxygen atoms in total. The van der Waals surface area contributed by atoms with Gasteiger partial charge in [0, 0.05) is 10.4 Å². The molecule has 0 aliphatic heterocycles. The van der Waals surface area contributed by atoms with E-state index in [9.17, 15) is 4.79 Å². The maximum absolute atomic E-state index is 11.4. The average Bonchev–Trinajstić information content (AvgIpc) is 2.94. The average molecular weight is 299 g/mol. The summed E-state index contributed by atoms with van der Waals surface area (Å²) in [6.07, 6.45) is 0. The molecule has 3 heteroatoms. The lowest BCUT2D eigenvalue weighted by molar-refractivity contribution is 0.108. The van der Waals surface area contributed by atoms with Crippen molar-refractivity contribution in [2.45, 2.75) is 0 Å². The van der Waals surface area contributed by atoms with E-state index in [1.807, 2.05) is 66.7 Å². The highest BCUT2D eigenvalue weighted by Crippen LogP contribution is 2.39. The molecule has 0 radical (unpaired) electrons. The first-order valence-electron chi connectivity index (χ1n) is 6.20. The Kier molecular flexibility index (Phi) is 3.68. The second-order valence-electron chi connectivity index (χ2n) is 4.36. The summed E-state index contributed by atoms with van der Waals surface area (Å²) in [5.41, 5.74) is 3.23. The van der Waals surface area contributed by atoms with E-state index in [0.717, 1.165) is 21.6 Å². The predicted octanol–water partition coefficient (Wildman–Crippen LogP) is 5.46. The van der Waals surface area contributed by atoms with Gasteiger partial charge in [-0.2, -0.15) is 0 Å². The van der Waals surface area contributed by atoms with Crippen molar-refractivity contribution >= 4 is 28.2 Å². The highest BCUT2D eigenvalue weighted by molar-refractivity contribution is 7.19. The third-order valence-electron chi connectivity index (χ3n) is 3.05. The summed E-state index contributed by atoms with van der Waals surface area (Å²) in [5.74, 6) is 0. The standard InChI is InChI=1S/C17H11ClOS/c18-17(19)15-11-14(12-7-3-1-4-8-12)16(20-15)13-9-5-2-6-10-13/h1-11H. The molecule has 0 saturated heterocycles. The zero-order valence-corrected chi connectivity index (χ0v) is 12.1. The van der Waals surface area contributed by atoms with Crippen LogP contribution in [0.15, 0.2) is 66.7 Å². The Hall–Kier alpha value is -1.90. The van der Waals surface area contributed by atoms with Crippen molar-refractivity contribution in [2.24, 2.45) is 0 Å². The molecule has 0 spiro atoms. The molecule has 3 rings (SSSR count). The van der Waals surface area contributed by atoms with Gasteiger partial charge in [0.15, 0.2) is 0 Å². The summed E-state index contributed by atoms with van der Waals surface area (Å²) in [7, 11) is 0. The summed E-state index contributed by atoms with van der Waals surface area (Å²) in [4.78, 5) is 13.1. The van der Waals surface area contributed by atoms with Gasteiger partial charge in [0.1, 0.15) is 0 Å². The number of benzene rings is 2. The van der Waals surface area contributed by atoms with E-state index in [0.29, 0.717) is 4.88 Å². The largest absolute Gasteiger partial charge is 0.275 e. The number of rotatable bonds is 3. The van der Waals surface area contributed by atoms with E-state index in [-0.39, 0.29) is 0 Å². The molecule has 0 bridgehead atoms. The normalized spacial score (nSPS) is 10.4. The Morgan fingerprint density at radius 2 is 1.40 bits per heavy atom. The van der Waals surface area contributed by atoms with Crippen LogP contribution in [-0.2, 0) is 0 Å². The van der Waals surface area contributed by atoms with Gasteiger partial charge in [-0.25, -0.2) is 0 Å². The maximum atomic E-state index is 11.4. The maximum Gasteiger partial charge on any atom is 0.262 e. The van der Waals surface area contributed by atoms with E-state index in [1.54, 1.807) is 0 Å². The Balaban J connectivity index is 2.20. The molecule has 98 valence electrons. The van der Waals surface area contributed by atoms with Crippen LogP contribution < -0.4 is 0 Å². The van der Waals surface area contributed by atoms with Gasteiger partial charge in [-0.15, -0.1) is 11.3 Å². The minimum atomic E-state index is -0.408. The van der Waals surface area contributed by atoms with Crippen LogP contribution in [0.2, 0.25) is 0 Å². The van der Waals surface area contributed by atoms with Crippen LogP contribution in [0.4, 0.5) is 0 Å². The van der Waals surface area contributed by atoms with Crippen LogP contribution in [0.25, 0.3) is 21.6 Å². The van der Waals surface area contributed by atoms with E-state index in [4.69, 9.17) is 11.6 Å². The molecule has 0 aliphatic carbocycles. The van der Waals surface area contributed by atoms with Crippen LogP contribution >= 0.6 is 22.9 Å². The Morgan fingerprint density at radius 3 is 1.95 bits per heavy atom. The third kappa shape index (κ3) is 2.53. The van der Waals surface area contributed by atoms with Gasteiger partial charge in [-0.05, 0) is 28.8 Å². The van der Waals surface area contributed by atoms with Gasteiger partial charge in [0.05, 0.1) is 4.88 Å². The Morgan fingerprint density at radius 1 is 0.850 bits per heavy atom. The fraction of sp³-hybridized carbons (Fsp3) is 0. The number of carbonyl (C=O) groups excluding carboxylic acids is 1. The molecule has 1 aromatic heterocycles. The quantitative estimate of drug-likeness (QED) is 0.587. The zero-order valence-electron chi connectivity index (χ0n) is 10.5. The molecule has 0 saturated carbocycles. The molecular formula is C17H11ClOS. The van der Waals surface area contributed by atoms with Gasteiger partial charge < -0.3 is 0 Å². The molecule has 0 amide bonds. The summed E-state index contributed by atoms with van der Waals surface area (Å²) < 4.78 is 0. The molecular weight excluding hydrogens is 288 g/mol. The van der Waals surface area contributed by atoms with Crippen LogP contribution in [-0.4, -0.2) is 5.24 Å². The molecule has 0 N–H and O–H groups in total. The number of thiophene rings is 1. The number of hydrogen-bond acceptors (Lipinski definition) is 2. The second-order valence-corrected chi connectivity index (χ2v) is 5.75. The first-order valence-corrected chi connectivity index (χ1v) is 7.39. The molecule has 0 aliphatic rings. The summed E-state index contributed by atoms with van der Waals surface area (Å²) >= 11 is 7.07. The molecule has 0 unspecified atom stereocenters. The lowest BCUT2D eigenvalue weighted by Gasteiger charge is -2.03. The van der Waals surface area contributed by atoms with Crippen molar-refractivity contribution in [2.75, 3.05) is 0 Å². The van der Waals surface area contributed by atoms with E-state index >= 15 is 0 Å². The molecule has 0 atom stereocenters. The molecule has 1 heterocycles. The van der Waals surface area contributed by atoms with E-state index in [1.165, 1.54) is 11.3 Å². The number of carbonyl (C=O) groups is 1. The number of hydrogen-bond donors (Lipinski definition) is 0. The minimum Gasteiger partial charge on any atom is -0.275 e. The minimum absolute atomic E-state index is 0.408. The van der Waals surface area contributed by atoms with Gasteiger partial charge in [-0.1, -0.05) is 60.7 Å². The first kappa shape index (κ1) is 13.1. The van der Waals surface area contributed by atoms with Crippen LogP contribution in [0, 0.1) is 0 Å². The number of halogens is 1. The smallest absolute Gasteiger partial charge is 0.262 e. The molecule has 0 fully saturated rings. The van der Waals surface area contributed by atoms with Crippen molar-refractivity contribution < 1.29 is 4.79 Å². The van der Waals surface area contributed by atoms with Gasteiger partial charge >= 0.3 is 0 Å². The van der Waals surface area contributed by atoms with E-state index in [2.05, 4.69) is 0 Å². The van der Waals surface area contributed by atoms with Crippen molar-refractivity contribution in [1.29, 1.82) is 0 Å². The van der Waals surface area contributed by atoms with Crippen LogP contribution in [0.3, 0.4) is 0 Å². The van der Waals surface area contributed by atoms with Crippen LogP contribution in [0.5, 0.6) is 0 Å². The fourth-order valence-corrected chi connectivity index (χ4v) is 3.31. The summed E-state index contributed by atoms with van der Waals surface area (Å²) in [6, 6.07) is 22.0. The van der Waals surface area contributed by atoms with Gasteiger partial charge in [0.25, 0.3) is 5.24 Å². The first-order chi connectivity index (χ1) is 9.75. The summed E-state index contributed by atoms with van der Waals surface area (Å²) in [5, 5.41) is -0.408. The van der Waals surface area contributed by atoms with Gasteiger partial charge in [-0.3, -0.25) is 4.79 Å². The van der Waals surface area contributed by atoms with Gasteiger partial charge in [0.2, 0.25) is 0 Å². The van der Waals surface area contributed by atoms with Crippen molar-refractivity contribution in [3.05, 3.63) is 71.6 Å². The Labute approximate surface area is 126 Å².